The van der Waals surface area contributed by atoms with E-state index in [0.717, 1.165) is 42.6 Å². The third kappa shape index (κ3) is 3.12. The van der Waals surface area contributed by atoms with Crippen LogP contribution in [-0.4, -0.2) is 53.5 Å². The molecule has 2 atom stereocenters. The average Bonchev–Trinajstić information content (AvgIpc) is 3.59. The normalized spacial score (nSPS) is 19.5. The van der Waals surface area contributed by atoms with Gasteiger partial charge in [-0.1, -0.05) is 19.1 Å². The van der Waals surface area contributed by atoms with Crippen molar-refractivity contribution in [3.05, 3.63) is 60.3 Å². The van der Waals surface area contributed by atoms with Crippen LogP contribution in [-0.2, 0) is 4.74 Å². The maximum Gasteiger partial charge on any atom is 0.237 e. The summed E-state index contributed by atoms with van der Waals surface area (Å²) < 4.78 is 23.4. The second kappa shape index (κ2) is 7.73. The minimum absolute atomic E-state index is 0.0265. The average molecular weight is 446 g/mol. The third-order valence-corrected chi connectivity index (χ3v) is 6.33. The molecular weight excluding hydrogens is 423 g/mol. The molecule has 1 aromatic carbocycles. The van der Waals surface area contributed by atoms with E-state index in [2.05, 4.69) is 32.0 Å². The molecule has 10 heteroatoms. The standard InChI is InChI=1S/C23H23FN8O/c1-3-18-22-29-28-14(2)31(22)19-12-26-23(27-21(19)32(18)17-7-10-33-13-17)30-9-8-25-20(30)15-5-4-6-16(24)11-15/h4-6,8-9,11-12,17-18H,3,7,10,13H2,1-2H3/t17?,18-/m1/s1. The topological polar surface area (TPSA) is 86.8 Å². The molecule has 6 rings (SSSR count). The van der Waals surface area contributed by atoms with Crippen molar-refractivity contribution in [1.82, 2.24) is 34.3 Å². The van der Waals surface area contributed by atoms with Crippen molar-refractivity contribution in [1.29, 1.82) is 0 Å². The van der Waals surface area contributed by atoms with Gasteiger partial charge in [0.25, 0.3) is 0 Å². The Hall–Kier alpha value is -3.66. The molecule has 0 saturated carbocycles. The largest absolute Gasteiger partial charge is 0.379 e. The van der Waals surface area contributed by atoms with Gasteiger partial charge in [-0.15, -0.1) is 10.2 Å². The molecule has 2 aliphatic rings. The molecule has 3 aromatic heterocycles. The lowest BCUT2D eigenvalue weighted by molar-refractivity contribution is 0.191. The molecule has 4 aromatic rings. The van der Waals surface area contributed by atoms with Gasteiger partial charge in [0.2, 0.25) is 5.95 Å². The maximum absolute atomic E-state index is 13.9. The summed E-state index contributed by atoms with van der Waals surface area (Å²) in [5.74, 6) is 3.24. The van der Waals surface area contributed by atoms with Gasteiger partial charge in [-0.3, -0.25) is 9.13 Å². The van der Waals surface area contributed by atoms with Gasteiger partial charge < -0.3 is 9.64 Å². The summed E-state index contributed by atoms with van der Waals surface area (Å²) in [6.45, 7) is 5.45. The number of imidazole rings is 1. The fourth-order valence-electron chi connectivity index (χ4n) is 4.84. The molecule has 0 spiro atoms. The summed E-state index contributed by atoms with van der Waals surface area (Å²) in [6, 6.07) is 6.58. The molecule has 0 N–H and O–H groups in total. The van der Waals surface area contributed by atoms with Crippen molar-refractivity contribution in [2.45, 2.75) is 38.8 Å². The fraction of sp³-hybridized carbons (Fsp3) is 0.348. The van der Waals surface area contributed by atoms with Crippen LogP contribution in [0.4, 0.5) is 10.2 Å². The number of benzene rings is 1. The zero-order valence-electron chi connectivity index (χ0n) is 18.4. The Balaban J connectivity index is 1.53. The molecule has 1 unspecified atom stereocenters. The molecule has 9 nitrogen and oxygen atoms in total. The van der Waals surface area contributed by atoms with Gasteiger partial charge in [0, 0.05) is 24.6 Å². The number of fused-ring (bicyclic) bond motifs is 3. The lowest BCUT2D eigenvalue weighted by atomic mass is 10.0. The number of nitrogens with zero attached hydrogens (tertiary/aromatic N) is 8. The summed E-state index contributed by atoms with van der Waals surface area (Å²) in [4.78, 5) is 16.4. The second-order valence-electron chi connectivity index (χ2n) is 8.30. The first-order chi connectivity index (χ1) is 16.2. The van der Waals surface area contributed by atoms with Gasteiger partial charge >= 0.3 is 0 Å². The number of hydrogen-bond donors (Lipinski definition) is 0. The quantitative estimate of drug-likeness (QED) is 0.475. The number of aryl methyl sites for hydroxylation is 1. The Morgan fingerprint density at radius 2 is 2.12 bits per heavy atom. The van der Waals surface area contributed by atoms with E-state index in [9.17, 15) is 4.39 Å². The van der Waals surface area contributed by atoms with Crippen LogP contribution in [0.15, 0.2) is 42.9 Å². The van der Waals surface area contributed by atoms with Gasteiger partial charge in [-0.05, 0) is 31.9 Å². The number of ether oxygens (including phenoxy) is 1. The van der Waals surface area contributed by atoms with Gasteiger partial charge in [0.15, 0.2) is 11.6 Å². The molecule has 0 bridgehead atoms. The van der Waals surface area contributed by atoms with Crippen molar-refractivity contribution in [2.75, 3.05) is 18.1 Å². The van der Waals surface area contributed by atoms with Crippen molar-refractivity contribution < 1.29 is 9.13 Å². The van der Waals surface area contributed by atoms with Gasteiger partial charge in [0.05, 0.1) is 24.9 Å². The van der Waals surface area contributed by atoms with E-state index in [-0.39, 0.29) is 17.9 Å². The Morgan fingerprint density at radius 1 is 1.21 bits per heavy atom. The minimum atomic E-state index is -0.317. The Labute approximate surface area is 189 Å². The van der Waals surface area contributed by atoms with Crippen molar-refractivity contribution in [3.8, 4) is 23.0 Å². The predicted molar refractivity (Wildman–Crippen MR) is 119 cm³/mol. The highest BCUT2D eigenvalue weighted by molar-refractivity contribution is 5.64. The van der Waals surface area contributed by atoms with Crippen LogP contribution < -0.4 is 4.90 Å². The van der Waals surface area contributed by atoms with E-state index in [1.807, 2.05) is 23.8 Å². The highest BCUT2D eigenvalue weighted by atomic mass is 19.1. The summed E-state index contributed by atoms with van der Waals surface area (Å²) in [7, 11) is 0. The summed E-state index contributed by atoms with van der Waals surface area (Å²) in [5.41, 5.74) is 1.51. The number of halogens is 1. The molecule has 168 valence electrons. The molecule has 33 heavy (non-hydrogen) atoms. The summed E-state index contributed by atoms with van der Waals surface area (Å²) in [6.07, 6.45) is 7.04. The van der Waals surface area contributed by atoms with E-state index in [4.69, 9.17) is 9.72 Å². The van der Waals surface area contributed by atoms with Crippen LogP contribution in [0, 0.1) is 12.7 Å². The van der Waals surface area contributed by atoms with Gasteiger partial charge in [-0.25, -0.2) is 14.4 Å². The predicted octanol–water partition coefficient (Wildman–Crippen LogP) is 3.42. The number of aromatic nitrogens is 7. The Bertz CT molecular complexity index is 1330. The molecular formula is C23H23FN8O. The number of rotatable bonds is 4. The van der Waals surface area contributed by atoms with E-state index in [1.54, 1.807) is 23.0 Å². The van der Waals surface area contributed by atoms with Crippen LogP contribution in [0.2, 0.25) is 0 Å². The molecule has 0 amide bonds. The molecule has 0 radical (unpaired) electrons. The van der Waals surface area contributed by atoms with E-state index in [0.29, 0.717) is 23.9 Å². The Kier molecular flexibility index (Phi) is 4.68. The van der Waals surface area contributed by atoms with Crippen molar-refractivity contribution in [3.63, 3.8) is 0 Å². The second-order valence-corrected chi connectivity index (χ2v) is 8.30. The first-order valence-electron chi connectivity index (χ1n) is 11.1. The highest BCUT2D eigenvalue weighted by Gasteiger charge is 2.39. The lowest BCUT2D eigenvalue weighted by Crippen LogP contribution is -2.43. The first-order valence-corrected chi connectivity index (χ1v) is 11.1. The van der Waals surface area contributed by atoms with E-state index in [1.165, 1.54) is 12.1 Å². The maximum atomic E-state index is 13.9. The summed E-state index contributed by atoms with van der Waals surface area (Å²) in [5, 5.41) is 8.83. The van der Waals surface area contributed by atoms with Gasteiger partial charge in [0.1, 0.15) is 23.2 Å². The van der Waals surface area contributed by atoms with Gasteiger partial charge in [-0.2, -0.15) is 4.98 Å². The van der Waals surface area contributed by atoms with Crippen LogP contribution in [0.1, 0.15) is 37.5 Å². The third-order valence-electron chi connectivity index (χ3n) is 6.33. The van der Waals surface area contributed by atoms with E-state index < -0.39 is 0 Å². The highest BCUT2D eigenvalue weighted by Crippen LogP contribution is 2.41. The first kappa shape index (κ1) is 20.0. The van der Waals surface area contributed by atoms with Crippen LogP contribution in [0.3, 0.4) is 0 Å². The zero-order valence-corrected chi connectivity index (χ0v) is 18.4. The Morgan fingerprint density at radius 3 is 2.91 bits per heavy atom. The monoisotopic (exact) mass is 446 g/mol. The molecule has 1 fully saturated rings. The van der Waals surface area contributed by atoms with Crippen LogP contribution >= 0.6 is 0 Å². The molecule has 1 saturated heterocycles. The lowest BCUT2D eigenvalue weighted by Gasteiger charge is -2.40. The fourth-order valence-corrected chi connectivity index (χ4v) is 4.84. The number of hydrogen-bond acceptors (Lipinski definition) is 7. The SMILES string of the molecule is CC[C@@H]1c2nnc(C)n2-c2cnc(-n3ccnc3-c3cccc(F)c3)nc2N1C1CCOC1. The number of anilines is 1. The molecule has 0 aliphatic carbocycles. The van der Waals surface area contributed by atoms with Crippen LogP contribution in [0.25, 0.3) is 23.0 Å². The minimum Gasteiger partial charge on any atom is -0.379 e. The summed E-state index contributed by atoms with van der Waals surface area (Å²) >= 11 is 0. The van der Waals surface area contributed by atoms with Crippen LogP contribution in [0.5, 0.6) is 0 Å². The van der Waals surface area contributed by atoms with Crippen molar-refractivity contribution in [2.24, 2.45) is 0 Å². The van der Waals surface area contributed by atoms with E-state index >= 15 is 0 Å². The molecule has 5 heterocycles. The van der Waals surface area contributed by atoms with Crippen molar-refractivity contribution >= 4 is 5.82 Å². The smallest absolute Gasteiger partial charge is 0.237 e. The zero-order chi connectivity index (χ0) is 22.5. The molecule has 2 aliphatic heterocycles.